The zero-order chi connectivity index (χ0) is 14.5. The van der Waals surface area contributed by atoms with E-state index >= 15 is 0 Å². The third-order valence-electron chi connectivity index (χ3n) is 3.08. The normalized spacial score (nSPS) is 12.6. The van der Waals surface area contributed by atoms with E-state index in [4.69, 9.17) is 0 Å². The Morgan fingerprint density at radius 3 is 2.65 bits per heavy atom. The second kappa shape index (κ2) is 7.29. The fraction of sp³-hybridized carbons (Fsp3) is 0.333. The maximum atomic E-state index is 13.3. The van der Waals surface area contributed by atoms with E-state index in [9.17, 15) is 8.78 Å². The number of thiophene rings is 1. The van der Waals surface area contributed by atoms with Gasteiger partial charge in [0.2, 0.25) is 0 Å². The van der Waals surface area contributed by atoms with E-state index in [1.165, 1.54) is 12.1 Å². The summed E-state index contributed by atoms with van der Waals surface area (Å²) in [6, 6.07) is 4.19. The van der Waals surface area contributed by atoms with Crippen LogP contribution in [0.1, 0.15) is 30.5 Å². The first-order valence-electron chi connectivity index (χ1n) is 6.50. The van der Waals surface area contributed by atoms with Crippen LogP contribution in [0, 0.1) is 11.6 Å². The zero-order valence-corrected chi connectivity index (χ0v) is 13.5. The molecule has 0 aliphatic carbocycles. The van der Waals surface area contributed by atoms with Crippen LogP contribution in [-0.2, 0) is 6.42 Å². The maximum Gasteiger partial charge on any atom is 0.159 e. The molecule has 0 spiro atoms. The lowest BCUT2D eigenvalue weighted by atomic mass is 10.0. The van der Waals surface area contributed by atoms with Gasteiger partial charge >= 0.3 is 0 Å². The predicted octanol–water partition coefficient (Wildman–Crippen LogP) is 5.07. The van der Waals surface area contributed by atoms with Crippen LogP contribution in [0.25, 0.3) is 0 Å². The van der Waals surface area contributed by atoms with Gasteiger partial charge in [-0.3, -0.25) is 0 Å². The Hall–Kier alpha value is -0.780. The molecule has 1 aromatic carbocycles. The third kappa shape index (κ3) is 3.87. The number of halogens is 3. The van der Waals surface area contributed by atoms with Crippen LogP contribution in [0.4, 0.5) is 8.78 Å². The topological polar surface area (TPSA) is 12.0 Å². The summed E-state index contributed by atoms with van der Waals surface area (Å²) in [7, 11) is 0. The molecule has 1 unspecified atom stereocenters. The average Bonchev–Trinajstić information content (AvgIpc) is 2.85. The molecular formula is C15H16BrF2NS. The molecule has 108 valence electrons. The van der Waals surface area contributed by atoms with E-state index in [0.29, 0.717) is 6.42 Å². The Morgan fingerprint density at radius 2 is 2.05 bits per heavy atom. The van der Waals surface area contributed by atoms with Gasteiger partial charge in [-0.05, 0) is 64.0 Å². The second-order valence-electron chi connectivity index (χ2n) is 4.63. The third-order valence-corrected chi connectivity index (χ3v) is 4.83. The van der Waals surface area contributed by atoms with Crippen molar-refractivity contribution in [2.24, 2.45) is 0 Å². The minimum absolute atomic E-state index is 0.0976. The van der Waals surface area contributed by atoms with E-state index < -0.39 is 11.6 Å². The summed E-state index contributed by atoms with van der Waals surface area (Å²) in [5.41, 5.74) is 1.95. The summed E-state index contributed by atoms with van der Waals surface area (Å²) in [5, 5.41) is 7.57. The number of benzene rings is 1. The highest BCUT2D eigenvalue weighted by Crippen LogP contribution is 2.29. The van der Waals surface area contributed by atoms with E-state index in [1.54, 1.807) is 17.4 Å². The van der Waals surface area contributed by atoms with E-state index in [1.807, 2.05) is 5.38 Å². The molecule has 2 aromatic rings. The second-order valence-corrected chi connectivity index (χ2v) is 6.23. The van der Waals surface area contributed by atoms with Crippen LogP contribution in [0.2, 0.25) is 0 Å². The molecule has 0 fully saturated rings. The van der Waals surface area contributed by atoms with Gasteiger partial charge in [-0.25, -0.2) is 8.78 Å². The van der Waals surface area contributed by atoms with Gasteiger partial charge in [0.15, 0.2) is 11.6 Å². The summed E-state index contributed by atoms with van der Waals surface area (Å²) in [6.07, 6.45) is 1.66. The fourth-order valence-corrected chi connectivity index (χ4v) is 3.68. The van der Waals surface area contributed by atoms with Gasteiger partial charge in [-0.15, -0.1) is 0 Å². The lowest BCUT2D eigenvalue weighted by Crippen LogP contribution is -2.24. The first kappa shape index (κ1) is 15.6. The molecule has 0 aliphatic rings. The van der Waals surface area contributed by atoms with Crippen molar-refractivity contribution in [3.8, 4) is 0 Å². The fourth-order valence-electron chi connectivity index (χ4n) is 2.05. The van der Waals surface area contributed by atoms with Crippen molar-refractivity contribution >= 4 is 27.3 Å². The molecule has 2 rings (SSSR count). The van der Waals surface area contributed by atoms with Gasteiger partial charge in [0.05, 0.1) is 0 Å². The van der Waals surface area contributed by atoms with Gasteiger partial charge < -0.3 is 5.32 Å². The Labute approximate surface area is 130 Å². The highest BCUT2D eigenvalue weighted by Gasteiger charge is 2.16. The van der Waals surface area contributed by atoms with Gasteiger partial charge in [-0.2, -0.15) is 11.3 Å². The summed E-state index contributed by atoms with van der Waals surface area (Å²) >= 11 is 5.16. The first-order valence-corrected chi connectivity index (χ1v) is 8.24. The molecule has 0 radical (unpaired) electrons. The molecule has 0 amide bonds. The average molecular weight is 360 g/mol. The highest BCUT2D eigenvalue weighted by molar-refractivity contribution is 9.10. The summed E-state index contributed by atoms with van der Waals surface area (Å²) in [6.45, 7) is 2.99. The number of hydrogen-bond donors (Lipinski definition) is 1. The first-order chi connectivity index (χ1) is 9.61. The van der Waals surface area contributed by atoms with Gasteiger partial charge in [0, 0.05) is 15.9 Å². The van der Waals surface area contributed by atoms with Gasteiger partial charge in [-0.1, -0.05) is 13.0 Å². The van der Waals surface area contributed by atoms with Crippen molar-refractivity contribution < 1.29 is 8.78 Å². The smallest absolute Gasteiger partial charge is 0.159 e. The number of nitrogens with one attached hydrogen (secondary N) is 1. The van der Waals surface area contributed by atoms with Gasteiger partial charge in [0.1, 0.15) is 0 Å². The van der Waals surface area contributed by atoms with Crippen molar-refractivity contribution in [2.75, 3.05) is 6.54 Å². The number of rotatable bonds is 6. The largest absolute Gasteiger partial charge is 0.310 e. The quantitative estimate of drug-likeness (QED) is 0.758. The zero-order valence-electron chi connectivity index (χ0n) is 11.1. The van der Waals surface area contributed by atoms with Crippen LogP contribution < -0.4 is 5.32 Å². The molecule has 1 aromatic heterocycles. The summed E-state index contributed by atoms with van der Waals surface area (Å²) in [4.78, 5) is 0. The number of hydrogen-bond acceptors (Lipinski definition) is 2. The van der Waals surface area contributed by atoms with Crippen molar-refractivity contribution in [3.05, 3.63) is 56.2 Å². The van der Waals surface area contributed by atoms with Crippen molar-refractivity contribution in [2.45, 2.75) is 25.8 Å². The van der Waals surface area contributed by atoms with E-state index in [0.717, 1.165) is 28.6 Å². The molecule has 0 saturated carbocycles. The Morgan fingerprint density at radius 1 is 1.25 bits per heavy atom. The summed E-state index contributed by atoms with van der Waals surface area (Å²) in [5.74, 6) is -1.59. The molecule has 1 atom stereocenters. The standard InChI is InChI=1S/C15H16BrF2NS/c1-2-5-19-15(11-8-20-9-12(11)16)7-10-3-4-13(17)14(18)6-10/h3-4,6,8-9,15,19H,2,5,7H2,1H3. The monoisotopic (exact) mass is 359 g/mol. The Balaban J connectivity index is 2.19. The lowest BCUT2D eigenvalue weighted by molar-refractivity contribution is 0.500. The SMILES string of the molecule is CCCNC(Cc1ccc(F)c(F)c1)c1cscc1Br. The predicted molar refractivity (Wildman–Crippen MR) is 83.1 cm³/mol. The molecule has 0 saturated heterocycles. The molecule has 20 heavy (non-hydrogen) atoms. The lowest BCUT2D eigenvalue weighted by Gasteiger charge is -2.18. The molecule has 5 heteroatoms. The van der Waals surface area contributed by atoms with Crippen LogP contribution in [0.5, 0.6) is 0 Å². The molecular weight excluding hydrogens is 344 g/mol. The Bertz CT molecular complexity index is 571. The minimum atomic E-state index is -0.802. The summed E-state index contributed by atoms with van der Waals surface area (Å²) < 4.78 is 27.3. The van der Waals surface area contributed by atoms with E-state index in [2.05, 4.69) is 33.6 Å². The van der Waals surface area contributed by atoms with Gasteiger partial charge in [0.25, 0.3) is 0 Å². The molecule has 0 aliphatic heterocycles. The van der Waals surface area contributed by atoms with E-state index in [-0.39, 0.29) is 6.04 Å². The minimum Gasteiger partial charge on any atom is -0.310 e. The van der Waals surface area contributed by atoms with Crippen LogP contribution in [0.3, 0.4) is 0 Å². The molecule has 1 heterocycles. The van der Waals surface area contributed by atoms with Crippen molar-refractivity contribution in [3.63, 3.8) is 0 Å². The van der Waals surface area contributed by atoms with Crippen LogP contribution >= 0.6 is 27.3 Å². The van der Waals surface area contributed by atoms with Crippen LogP contribution in [0.15, 0.2) is 33.4 Å². The van der Waals surface area contributed by atoms with Crippen molar-refractivity contribution in [1.29, 1.82) is 0 Å². The molecule has 1 nitrogen and oxygen atoms in total. The highest BCUT2D eigenvalue weighted by atomic mass is 79.9. The molecule has 1 N–H and O–H groups in total. The maximum absolute atomic E-state index is 13.3. The molecule has 0 bridgehead atoms. The van der Waals surface area contributed by atoms with Crippen LogP contribution in [-0.4, -0.2) is 6.54 Å². The van der Waals surface area contributed by atoms with Crippen molar-refractivity contribution in [1.82, 2.24) is 5.32 Å². The Kier molecular flexibility index (Phi) is 5.69.